The van der Waals surface area contributed by atoms with Crippen LogP contribution < -0.4 is 9.80 Å². The number of para-hydroxylation sites is 4. The van der Waals surface area contributed by atoms with Crippen molar-refractivity contribution in [3.05, 3.63) is 195 Å². The first-order valence-electron chi connectivity index (χ1n) is 18.3. The van der Waals surface area contributed by atoms with Gasteiger partial charge in [0.15, 0.2) is 11.2 Å². The molecule has 56 heavy (non-hydrogen) atoms. The maximum atomic E-state index is 6.38. The molecule has 0 aliphatic carbocycles. The van der Waals surface area contributed by atoms with Crippen molar-refractivity contribution in [2.45, 2.75) is 0 Å². The molecule has 0 bridgehead atoms. The summed E-state index contributed by atoms with van der Waals surface area (Å²) in [6, 6.07) is 56.9. The smallest absolute Gasteiger partial charge is 0.227 e. The summed E-state index contributed by atoms with van der Waals surface area (Å²) >= 11 is 0. The fraction of sp³-hybridized carbons (Fsp3) is 0. The average Bonchev–Trinajstić information content (AvgIpc) is 3.92. The molecule has 0 aliphatic heterocycles. The van der Waals surface area contributed by atoms with E-state index in [4.69, 9.17) is 18.8 Å². The van der Waals surface area contributed by atoms with E-state index in [-0.39, 0.29) is 0 Å². The second kappa shape index (κ2) is 14.2. The Morgan fingerprint density at radius 2 is 0.732 bits per heavy atom. The summed E-state index contributed by atoms with van der Waals surface area (Å²) in [5.74, 6) is 1.08. The molecule has 0 fully saturated rings. The summed E-state index contributed by atoms with van der Waals surface area (Å²) in [6.45, 7) is 0. The lowest BCUT2D eigenvalue weighted by Crippen LogP contribution is -2.09. The Morgan fingerprint density at radius 3 is 1.12 bits per heavy atom. The Labute approximate surface area is 322 Å². The molecule has 0 saturated carbocycles. The molecule has 8 heteroatoms. The minimum absolute atomic E-state index is 0.538. The van der Waals surface area contributed by atoms with Crippen molar-refractivity contribution in [2.75, 3.05) is 9.80 Å². The zero-order chi connectivity index (χ0) is 37.3. The first kappa shape index (κ1) is 32.8. The van der Waals surface area contributed by atoms with Gasteiger partial charge >= 0.3 is 0 Å². The van der Waals surface area contributed by atoms with Gasteiger partial charge in [-0.1, -0.05) is 60.7 Å². The van der Waals surface area contributed by atoms with Crippen LogP contribution in [-0.2, 0) is 0 Å². The average molecular weight is 725 g/mol. The summed E-state index contributed by atoms with van der Waals surface area (Å²) < 4.78 is 12.8. The number of nitrogens with zero attached hydrogens (tertiary/aromatic N) is 6. The van der Waals surface area contributed by atoms with Gasteiger partial charge in [-0.15, -0.1) is 0 Å². The maximum Gasteiger partial charge on any atom is 0.227 e. The molecule has 4 heterocycles. The van der Waals surface area contributed by atoms with Crippen LogP contribution in [0.5, 0.6) is 0 Å². The topological polar surface area (TPSA) is 84.3 Å². The van der Waals surface area contributed by atoms with E-state index in [0.717, 1.165) is 67.4 Å². The summed E-state index contributed by atoms with van der Waals surface area (Å²) in [6.07, 6.45) is 7.29. The number of oxazole rings is 2. The minimum Gasteiger partial charge on any atom is -0.436 e. The zero-order valence-electron chi connectivity index (χ0n) is 30.0. The summed E-state index contributed by atoms with van der Waals surface area (Å²) in [7, 11) is 0. The standard InChI is InChI=1S/C48H32N6O2/c1-3-11-35(12-4-1)53(39-15-9-29-49-31-39)37-25-21-33(22-26-37)47-51-45-41(17-7-19-43(45)55-47)42-18-8-20-44-46(42)52-48(56-44)34-23-27-38(28-24-34)54(36-13-5-2-6-14-36)40-16-10-30-50-32-40/h1-32H. The third-order valence-electron chi connectivity index (χ3n) is 9.71. The number of anilines is 6. The van der Waals surface area contributed by atoms with E-state index in [1.54, 1.807) is 12.4 Å². The van der Waals surface area contributed by atoms with E-state index >= 15 is 0 Å². The van der Waals surface area contributed by atoms with Gasteiger partial charge in [0, 0.05) is 57.4 Å². The molecule has 0 amide bonds. The Bertz CT molecular complexity index is 2620. The molecule has 0 unspecified atom stereocenters. The molecule has 6 aromatic carbocycles. The Morgan fingerprint density at radius 1 is 0.339 bits per heavy atom. The van der Waals surface area contributed by atoms with E-state index in [1.807, 2.05) is 109 Å². The molecule has 0 spiro atoms. The fourth-order valence-corrected chi connectivity index (χ4v) is 7.11. The molecule has 10 rings (SSSR count). The quantitative estimate of drug-likeness (QED) is 0.145. The van der Waals surface area contributed by atoms with Crippen LogP contribution >= 0.6 is 0 Å². The van der Waals surface area contributed by atoms with Crippen molar-refractivity contribution >= 4 is 56.3 Å². The van der Waals surface area contributed by atoms with Gasteiger partial charge in [-0.2, -0.15) is 0 Å². The molecule has 0 aliphatic rings. The predicted molar refractivity (Wildman–Crippen MR) is 223 cm³/mol. The number of benzene rings is 6. The number of pyridine rings is 2. The van der Waals surface area contributed by atoms with Gasteiger partial charge in [0.2, 0.25) is 11.8 Å². The van der Waals surface area contributed by atoms with E-state index in [1.165, 1.54) is 0 Å². The summed E-state index contributed by atoms with van der Waals surface area (Å²) in [5, 5.41) is 0. The van der Waals surface area contributed by atoms with Crippen molar-refractivity contribution in [1.82, 2.24) is 19.9 Å². The highest BCUT2D eigenvalue weighted by Crippen LogP contribution is 2.40. The van der Waals surface area contributed by atoms with Gasteiger partial charge < -0.3 is 18.6 Å². The Kier molecular flexibility index (Phi) is 8.31. The van der Waals surface area contributed by atoms with Crippen LogP contribution in [0.2, 0.25) is 0 Å². The van der Waals surface area contributed by atoms with Gasteiger partial charge in [0.1, 0.15) is 11.0 Å². The van der Waals surface area contributed by atoms with Gasteiger partial charge in [0.05, 0.1) is 23.8 Å². The van der Waals surface area contributed by atoms with Crippen LogP contribution in [0.1, 0.15) is 0 Å². The molecule has 8 nitrogen and oxygen atoms in total. The monoisotopic (exact) mass is 724 g/mol. The maximum absolute atomic E-state index is 6.38. The molecule has 0 N–H and O–H groups in total. The molecule has 4 aromatic heterocycles. The molecule has 10 aromatic rings. The van der Waals surface area contributed by atoms with Crippen molar-refractivity contribution in [2.24, 2.45) is 0 Å². The normalized spacial score (nSPS) is 11.2. The molecular formula is C48H32N6O2. The predicted octanol–water partition coefficient (Wildman–Crippen LogP) is 12.7. The highest BCUT2D eigenvalue weighted by Gasteiger charge is 2.20. The summed E-state index contributed by atoms with van der Waals surface area (Å²) in [4.78, 5) is 23.1. The molecule has 0 radical (unpaired) electrons. The highest BCUT2D eigenvalue weighted by atomic mass is 16.4. The highest BCUT2D eigenvalue weighted by molar-refractivity contribution is 6.01. The second-order valence-electron chi connectivity index (χ2n) is 13.2. The van der Waals surface area contributed by atoms with Crippen LogP contribution in [0.3, 0.4) is 0 Å². The zero-order valence-corrected chi connectivity index (χ0v) is 30.0. The lowest BCUT2D eigenvalue weighted by molar-refractivity contribution is 0.619. The number of rotatable bonds is 9. The Hall–Kier alpha value is -7.84. The third kappa shape index (κ3) is 6.11. The SMILES string of the molecule is c1ccc(N(c2ccc(-c3nc4c(-c5cccc6oc(-c7ccc(N(c8ccccc8)c8cccnc8)cc7)nc56)cccc4o3)cc2)c2cccnc2)cc1. The van der Waals surface area contributed by atoms with E-state index in [2.05, 4.69) is 92.6 Å². The number of fused-ring (bicyclic) bond motifs is 2. The number of aromatic nitrogens is 4. The fourth-order valence-electron chi connectivity index (χ4n) is 7.11. The molecular weight excluding hydrogens is 693 g/mol. The van der Waals surface area contributed by atoms with Gasteiger partial charge in [-0.3, -0.25) is 9.97 Å². The molecule has 0 atom stereocenters. The lowest BCUT2D eigenvalue weighted by atomic mass is 10.0. The van der Waals surface area contributed by atoms with Crippen LogP contribution in [-0.4, -0.2) is 19.9 Å². The van der Waals surface area contributed by atoms with Crippen molar-refractivity contribution in [3.8, 4) is 34.0 Å². The Balaban J connectivity index is 0.973. The van der Waals surface area contributed by atoms with Crippen LogP contribution in [0.25, 0.3) is 56.2 Å². The third-order valence-corrected chi connectivity index (χ3v) is 9.71. The van der Waals surface area contributed by atoms with Gasteiger partial charge in [-0.05, 0) is 109 Å². The lowest BCUT2D eigenvalue weighted by Gasteiger charge is -2.25. The molecule has 0 saturated heterocycles. The van der Waals surface area contributed by atoms with Gasteiger partial charge in [-0.25, -0.2) is 9.97 Å². The second-order valence-corrected chi connectivity index (χ2v) is 13.2. The largest absolute Gasteiger partial charge is 0.436 e. The van der Waals surface area contributed by atoms with E-state index < -0.39 is 0 Å². The van der Waals surface area contributed by atoms with Crippen molar-refractivity contribution in [3.63, 3.8) is 0 Å². The van der Waals surface area contributed by atoms with Gasteiger partial charge in [0.25, 0.3) is 0 Å². The van der Waals surface area contributed by atoms with Crippen LogP contribution in [0, 0.1) is 0 Å². The van der Waals surface area contributed by atoms with Crippen molar-refractivity contribution < 1.29 is 8.83 Å². The van der Waals surface area contributed by atoms with E-state index in [9.17, 15) is 0 Å². The van der Waals surface area contributed by atoms with E-state index in [0.29, 0.717) is 22.9 Å². The van der Waals surface area contributed by atoms with Crippen LogP contribution in [0.15, 0.2) is 203 Å². The minimum atomic E-state index is 0.538. The van der Waals surface area contributed by atoms with Crippen molar-refractivity contribution in [1.29, 1.82) is 0 Å². The first-order valence-corrected chi connectivity index (χ1v) is 18.3. The molecule has 266 valence electrons. The van der Waals surface area contributed by atoms with Crippen LogP contribution in [0.4, 0.5) is 34.1 Å². The first-order chi connectivity index (χ1) is 27.8. The summed E-state index contributed by atoms with van der Waals surface area (Å²) in [5.41, 5.74) is 12.5. The number of hydrogen-bond acceptors (Lipinski definition) is 8. The number of hydrogen-bond donors (Lipinski definition) is 0.